The summed E-state index contributed by atoms with van der Waals surface area (Å²) in [7, 11) is 1.81. The fourth-order valence-electron chi connectivity index (χ4n) is 5.47. The number of rotatable bonds is 4. The van der Waals surface area contributed by atoms with Crippen molar-refractivity contribution >= 4 is 12.2 Å². The molecular formula is C22H29N3O3. The van der Waals surface area contributed by atoms with Crippen LogP contribution in [-0.2, 0) is 26.3 Å². The van der Waals surface area contributed by atoms with E-state index in [1.807, 2.05) is 13.3 Å². The van der Waals surface area contributed by atoms with Crippen LogP contribution in [0.25, 0.3) is 0 Å². The van der Waals surface area contributed by atoms with Gasteiger partial charge in [-0.25, -0.2) is 4.99 Å². The number of methoxy groups -OCH3 is 1. The summed E-state index contributed by atoms with van der Waals surface area (Å²) in [6, 6.07) is 6.88. The van der Waals surface area contributed by atoms with Crippen molar-refractivity contribution in [2.75, 3.05) is 13.7 Å². The highest BCUT2D eigenvalue weighted by molar-refractivity contribution is 5.81. The van der Waals surface area contributed by atoms with Gasteiger partial charge in [0.2, 0.25) is 0 Å². The number of benzene rings is 1. The molecule has 1 aromatic carbocycles. The van der Waals surface area contributed by atoms with Crippen LogP contribution in [0.4, 0.5) is 0 Å². The van der Waals surface area contributed by atoms with E-state index in [2.05, 4.69) is 23.4 Å². The first-order chi connectivity index (χ1) is 13.6. The molecule has 0 saturated heterocycles. The number of hydrogen-bond acceptors (Lipinski definition) is 6. The van der Waals surface area contributed by atoms with Gasteiger partial charge in [-0.3, -0.25) is 0 Å². The third-order valence-corrected chi connectivity index (χ3v) is 7.40. The normalized spacial score (nSPS) is 34.5. The van der Waals surface area contributed by atoms with Crippen molar-refractivity contribution in [1.29, 1.82) is 0 Å². The molecule has 2 fully saturated rings. The summed E-state index contributed by atoms with van der Waals surface area (Å²) in [5, 5.41) is 4.21. The largest absolute Gasteiger partial charge is 0.462 e. The van der Waals surface area contributed by atoms with E-state index in [4.69, 9.17) is 25.0 Å². The van der Waals surface area contributed by atoms with Gasteiger partial charge in [-0.05, 0) is 74.1 Å². The quantitative estimate of drug-likeness (QED) is 0.639. The van der Waals surface area contributed by atoms with Crippen LogP contribution in [0.1, 0.15) is 61.6 Å². The van der Waals surface area contributed by atoms with E-state index >= 15 is 0 Å². The molecule has 6 nitrogen and oxygen atoms in total. The minimum atomic E-state index is -0.385. The highest BCUT2D eigenvalue weighted by Crippen LogP contribution is 2.61. The maximum Gasteiger partial charge on any atom is 0.283 e. The lowest BCUT2D eigenvalue weighted by molar-refractivity contribution is -0.00984. The van der Waals surface area contributed by atoms with Crippen LogP contribution in [0.5, 0.6) is 0 Å². The molecule has 2 saturated carbocycles. The molecule has 1 aliphatic heterocycles. The minimum absolute atomic E-state index is 0.0592. The number of nitrogens with two attached hydrogens (primary N) is 1. The molecule has 0 aromatic heterocycles. The van der Waals surface area contributed by atoms with Crippen LogP contribution in [0.3, 0.4) is 0 Å². The molecule has 6 heteroatoms. The van der Waals surface area contributed by atoms with Crippen molar-refractivity contribution in [3.63, 3.8) is 0 Å². The number of nitrogens with zero attached hydrogens (tertiary/aromatic N) is 2. The fourth-order valence-corrected chi connectivity index (χ4v) is 5.47. The molecule has 150 valence electrons. The standard InChI is InChI=1S/C22H29N3O3/c1-26-17-7-9-21(10-8-17)12-16-6-5-15(13-24-28-18-3-2-4-18)11-19(16)22(21)14-27-20(23)25-22/h5-6,11,13,17-18H,2-4,7-10,12,14H2,1H3,(H2,23,25)/b24-13+/t17-,21-,22?. The molecule has 2 N–H and O–H groups in total. The van der Waals surface area contributed by atoms with Crippen molar-refractivity contribution in [2.24, 2.45) is 21.3 Å². The number of fused-ring (bicyclic) bond motifs is 3. The Morgan fingerprint density at radius 2 is 2.04 bits per heavy atom. The molecule has 2 spiro atoms. The highest BCUT2D eigenvalue weighted by atomic mass is 16.6. The summed E-state index contributed by atoms with van der Waals surface area (Å²) in [4.78, 5) is 10.5. The minimum Gasteiger partial charge on any atom is -0.462 e. The number of hydrogen-bond donors (Lipinski definition) is 1. The molecule has 0 radical (unpaired) electrons. The Bertz CT molecular complexity index is 809. The SMILES string of the molecule is CO[C@H]1CC[C@]2(CC1)Cc1ccc(/C=N/OC3CCC3)cc1C21COC(N)=N1. The zero-order chi connectivity index (χ0) is 19.2. The second-order valence-corrected chi connectivity index (χ2v) is 8.80. The third-order valence-electron chi connectivity index (χ3n) is 7.40. The first-order valence-electron chi connectivity index (χ1n) is 10.5. The van der Waals surface area contributed by atoms with E-state index in [0.29, 0.717) is 24.8 Å². The Balaban J connectivity index is 1.46. The molecule has 4 aliphatic rings. The number of aliphatic imine (C=N–C) groups is 1. The molecule has 3 aliphatic carbocycles. The van der Waals surface area contributed by atoms with Gasteiger partial charge in [-0.1, -0.05) is 17.3 Å². The van der Waals surface area contributed by atoms with Crippen LogP contribution in [0.2, 0.25) is 0 Å². The van der Waals surface area contributed by atoms with E-state index in [1.54, 1.807) is 0 Å². The summed E-state index contributed by atoms with van der Waals surface area (Å²) in [6.45, 7) is 0.530. The molecule has 28 heavy (non-hydrogen) atoms. The molecule has 1 unspecified atom stereocenters. The lowest BCUT2D eigenvalue weighted by atomic mass is 9.62. The van der Waals surface area contributed by atoms with Crippen LogP contribution in [0, 0.1) is 5.41 Å². The first-order valence-corrected chi connectivity index (χ1v) is 10.5. The average molecular weight is 383 g/mol. The zero-order valence-corrected chi connectivity index (χ0v) is 16.5. The van der Waals surface area contributed by atoms with Gasteiger partial charge >= 0.3 is 0 Å². The average Bonchev–Trinajstić information content (AvgIpc) is 3.18. The van der Waals surface area contributed by atoms with Crippen molar-refractivity contribution < 1.29 is 14.3 Å². The Hall–Kier alpha value is -2.08. The van der Waals surface area contributed by atoms with Crippen molar-refractivity contribution in [1.82, 2.24) is 0 Å². The number of ether oxygens (including phenoxy) is 2. The van der Waals surface area contributed by atoms with E-state index in [9.17, 15) is 0 Å². The predicted molar refractivity (Wildman–Crippen MR) is 107 cm³/mol. The predicted octanol–water partition coefficient (Wildman–Crippen LogP) is 3.26. The van der Waals surface area contributed by atoms with Crippen molar-refractivity contribution in [3.8, 4) is 0 Å². The Kier molecular flexibility index (Phi) is 4.34. The number of amidine groups is 1. The number of oxime groups is 1. The Labute approximate surface area is 166 Å². The molecule has 0 amide bonds. The van der Waals surface area contributed by atoms with Gasteiger partial charge < -0.3 is 20.0 Å². The van der Waals surface area contributed by atoms with E-state index < -0.39 is 0 Å². The fraction of sp³-hybridized carbons (Fsp3) is 0.636. The monoisotopic (exact) mass is 383 g/mol. The van der Waals surface area contributed by atoms with Gasteiger partial charge in [0.1, 0.15) is 18.2 Å². The topological polar surface area (TPSA) is 78.4 Å². The Morgan fingerprint density at radius 1 is 1.21 bits per heavy atom. The van der Waals surface area contributed by atoms with E-state index in [-0.39, 0.29) is 11.0 Å². The van der Waals surface area contributed by atoms with Gasteiger partial charge in [0.25, 0.3) is 6.02 Å². The van der Waals surface area contributed by atoms with Crippen LogP contribution in [-0.4, -0.2) is 38.2 Å². The zero-order valence-electron chi connectivity index (χ0n) is 16.5. The molecule has 1 atom stereocenters. The molecule has 1 aromatic rings. The molecule has 5 rings (SSSR count). The van der Waals surface area contributed by atoms with Crippen LogP contribution < -0.4 is 5.73 Å². The smallest absolute Gasteiger partial charge is 0.283 e. The molecular weight excluding hydrogens is 354 g/mol. The summed E-state index contributed by atoms with van der Waals surface area (Å²) in [5.41, 5.74) is 9.34. The van der Waals surface area contributed by atoms with Gasteiger partial charge in [-0.15, -0.1) is 0 Å². The van der Waals surface area contributed by atoms with Gasteiger partial charge in [0.05, 0.1) is 12.3 Å². The first kappa shape index (κ1) is 18.0. The van der Waals surface area contributed by atoms with E-state index in [0.717, 1.165) is 50.5 Å². The lowest BCUT2D eigenvalue weighted by Gasteiger charge is -2.45. The Morgan fingerprint density at radius 3 is 2.68 bits per heavy atom. The van der Waals surface area contributed by atoms with Gasteiger partial charge in [0, 0.05) is 12.5 Å². The van der Waals surface area contributed by atoms with Crippen molar-refractivity contribution in [2.45, 2.75) is 69.1 Å². The van der Waals surface area contributed by atoms with Gasteiger partial charge in [-0.2, -0.15) is 0 Å². The molecule has 1 heterocycles. The van der Waals surface area contributed by atoms with Gasteiger partial charge in [0.15, 0.2) is 0 Å². The maximum atomic E-state index is 6.02. The van der Waals surface area contributed by atoms with Crippen LogP contribution >= 0.6 is 0 Å². The summed E-state index contributed by atoms with van der Waals surface area (Å²) in [6.07, 6.45) is 11.2. The lowest BCUT2D eigenvalue weighted by Crippen LogP contribution is -2.46. The second kappa shape index (κ2) is 6.76. The second-order valence-electron chi connectivity index (χ2n) is 8.80. The maximum absolute atomic E-state index is 6.02. The van der Waals surface area contributed by atoms with Crippen molar-refractivity contribution in [3.05, 3.63) is 34.9 Å². The summed E-state index contributed by atoms with van der Waals surface area (Å²) in [5.74, 6) is 0. The summed E-state index contributed by atoms with van der Waals surface area (Å²) < 4.78 is 11.4. The highest BCUT2D eigenvalue weighted by Gasteiger charge is 2.61. The van der Waals surface area contributed by atoms with E-state index in [1.165, 1.54) is 17.5 Å². The third kappa shape index (κ3) is 2.72. The molecule has 0 bridgehead atoms. The summed E-state index contributed by atoms with van der Waals surface area (Å²) >= 11 is 0. The van der Waals surface area contributed by atoms with Crippen LogP contribution in [0.15, 0.2) is 28.3 Å².